The topological polar surface area (TPSA) is 84.7 Å². The predicted molar refractivity (Wildman–Crippen MR) is 118 cm³/mol. The van der Waals surface area contributed by atoms with E-state index in [4.69, 9.17) is 10.5 Å². The zero-order chi connectivity index (χ0) is 21.2. The molecule has 0 unspecified atom stereocenters. The number of nitrogens with two attached hydrogens (primary N) is 1. The highest BCUT2D eigenvalue weighted by Crippen LogP contribution is 2.16. The molecule has 30 heavy (non-hydrogen) atoms. The Labute approximate surface area is 177 Å². The Morgan fingerprint density at radius 1 is 1.00 bits per heavy atom. The van der Waals surface area contributed by atoms with Gasteiger partial charge in [0.2, 0.25) is 5.91 Å². The van der Waals surface area contributed by atoms with Crippen molar-refractivity contribution in [2.24, 2.45) is 5.73 Å². The van der Waals surface area contributed by atoms with Crippen molar-refractivity contribution in [2.75, 3.05) is 19.7 Å². The fourth-order valence-corrected chi connectivity index (χ4v) is 3.49. The molecule has 0 spiro atoms. The Balaban J connectivity index is 1.50. The molecule has 0 aromatic heterocycles. The lowest BCUT2D eigenvalue weighted by Gasteiger charge is -2.27. The second kappa shape index (κ2) is 11.2. The molecule has 1 fully saturated rings. The molecule has 1 heterocycles. The number of carbonyl (C=O) groups excluding carboxylic acids is 2. The molecular formula is C24H29N3O3. The number of carbonyl (C=O) groups is 2. The molecule has 2 aromatic carbocycles. The molecule has 6 nitrogen and oxygen atoms in total. The molecule has 0 atom stereocenters. The van der Waals surface area contributed by atoms with Crippen molar-refractivity contribution in [2.45, 2.75) is 32.4 Å². The van der Waals surface area contributed by atoms with Gasteiger partial charge in [-0.05, 0) is 60.8 Å². The lowest BCUT2D eigenvalue weighted by Crippen LogP contribution is -2.30. The van der Waals surface area contributed by atoms with Crippen LogP contribution in [0.4, 0.5) is 0 Å². The van der Waals surface area contributed by atoms with Crippen molar-refractivity contribution >= 4 is 17.9 Å². The Bertz CT molecular complexity index is 872. The third kappa shape index (κ3) is 7.04. The van der Waals surface area contributed by atoms with Gasteiger partial charge in [-0.2, -0.15) is 0 Å². The van der Waals surface area contributed by atoms with Crippen molar-refractivity contribution in [3.8, 4) is 5.75 Å². The van der Waals surface area contributed by atoms with E-state index in [1.165, 1.54) is 30.9 Å². The van der Waals surface area contributed by atoms with Crippen LogP contribution < -0.4 is 15.8 Å². The van der Waals surface area contributed by atoms with Crippen molar-refractivity contribution in [1.82, 2.24) is 10.2 Å². The van der Waals surface area contributed by atoms with Gasteiger partial charge in [-0.25, -0.2) is 0 Å². The normalized spacial score (nSPS) is 14.5. The number of primary amides is 1. The fraction of sp³-hybridized carbons (Fsp3) is 0.333. The van der Waals surface area contributed by atoms with E-state index in [-0.39, 0.29) is 12.5 Å². The van der Waals surface area contributed by atoms with Crippen LogP contribution in [0.25, 0.3) is 6.08 Å². The number of benzene rings is 2. The van der Waals surface area contributed by atoms with E-state index < -0.39 is 5.91 Å². The molecule has 3 rings (SSSR count). The lowest BCUT2D eigenvalue weighted by molar-refractivity contribution is -0.120. The number of hydrogen-bond donors (Lipinski definition) is 2. The first-order chi connectivity index (χ1) is 14.6. The molecule has 6 heteroatoms. The molecule has 0 bridgehead atoms. The van der Waals surface area contributed by atoms with E-state index in [0.29, 0.717) is 12.3 Å². The van der Waals surface area contributed by atoms with Gasteiger partial charge in [0.25, 0.3) is 5.91 Å². The van der Waals surface area contributed by atoms with E-state index in [1.54, 1.807) is 18.2 Å². The van der Waals surface area contributed by atoms with Gasteiger partial charge < -0.3 is 15.8 Å². The van der Waals surface area contributed by atoms with E-state index in [9.17, 15) is 9.59 Å². The van der Waals surface area contributed by atoms with Crippen LogP contribution in [0.2, 0.25) is 0 Å². The third-order valence-corrected chi connectivity index (χ3v) is 5.10. The summed E-state index contributed by atoms with van der Waals surface area (Å²) in [5, 5.41) is 2.97. The lowest BCUT2D eigenvalue weighted by atomic mass is 10.0. The maximum atomic E-state index is 12.3. The van der Waals surface area contributed by atoms with Crippen LogP contribution in [0.3, 0.4) is 0 Å². The molecule has 0 radical (unpaired) electrons. The number of hydrogen-bond acceptors (Lipinski definition) is 4. The summed E-state index contributed by atoms with van der Waals surface area (Å²) >= 11 is 0. The Kier molecular flexibility index (Phi) is 8.03. The molecule has 0 aliphatic carbocycles. The molecule has 3 N–H and O–H groups in total. The highest BCUT2D eigenvalue weighted by Gasteiger charge is 2.12. The molecule has 2 amide bonds. The van der Waals surface area contributed by atoms with Crippen LogP contribution in [0.5, 0.6) is 5.75 Å². The van der Waals surface area contributed by atoms with E-state index in [2.05, 4.69) is 28.4 Å². The number of nitrogens with one attached hydrogen (secondary N) is 1. The van der Waals surface area contributed by atoms with Crippen molar-refractivity contribution < 1.29 is 14.3 Å². The summed E-state index contributed by atoms with van der Waals surface area (Å²) in [6, 6.07) is 15.4. The van der Waals surface area contributed by atoms with E-state index in [1.807, 2.05) is 18.2 Å². The van der Waals surface area contributed by atoms with Gasteiger partial charge in [0.15, 0.2) is 6.61 Å². The molecule has 158 valence electrons. The summed E-state index contributed by atoms with van der Waals surface area (Å²) in [5.74, 6) is -0.106. The minimum absolute atomic E-state index is 0.142. The average Bonchev–Trinajstić information content (AvgIpc) is 2.77. The van der Waals surface area contributed by atoms with Gasteiger partial charge >= 0.3 is 0 Å². The highest BCUT2D eigenvalue weighted by atomic mass is 16.5. The molecule has 0 saturated carbocycles. The first-order valence-corrected chi connectivity index (χ1v) is 10.4. The molecule has 1 saturated heterocycles. The monoisotopic (exact) mass is 407 g/mol. The van der Waals surface area contributed by atoms with Gasteiger partial charge in [0.05, 0.1) is 0 Å². The Morgan fingerprint density at radius 2 is 1.70 bits per heavy atom. The Hall–Kier alpha value is -3.12. The first kappa shape index (κ1) is 21.6. The predicted octanol–water partition coefficient (Wildman–Crippen LogP) is 2.87. The standard InChI is InChI=1S/C24H29N3O3/c25-23(28)18-30-22-11-8-19(9-12-22)10-13-24(29)26-16-20-6-2-3-7-21(20)17-27-14-4-1-5-15-27/h2-3,6-13H,1,4-5,14-18H2,(H2,25,28)(H,26,29)/b13-10+. The zero-order valence-electron chi connectivity index (χ0n) is 17.2. The van der Waals surface area contributed by atoms with Crippen molar-refractivity contribution in [1.29, 1.82) is 0 Å². The maximum Gasteiger partial charge on any atom is 0.255 e. The van der Waals surface area contributed by atoms with Gasteiger partial charge in [0.1, 0.15) is 5.75 Å². The van der Waals surface area contributed by atoms with Crippen LogP contribution in [0.15, 0.2) is 54.6 Å². The second-order valence-corrected chi connectivity index (χ2v) is 7.48. The van der Waals surface area contributed by atoms with E-state index in [0.717, 1.165) is 30.8 Å². The number of piperidine rings is 1. The van der Waals surface area contributed by atoms with Gasteiger partial charge in [-0.1, -0.05) is 42.8 Å². The van der Waals surface area contributed by atoms with Crippen molar-refractivity contribution in [3.05, 3.63) is 71.3 Å². The van der Waals surface area contributed by atoms with Crippen LogP contribution in [0.1, 0.15) is 36.0 Å². The largest absolute Gasteiger partial charge is 0.484 e. The summed E-state index contributed by atoms with van der Waals surface area (Å²) in [5.41, 5.74) is 8.35. The molecule has 2 aromatic rings. The Morgan fingerprint density at radius 3 is 2.40 bits per heavy atom. The SMILES string of the molecule is NC(=O)COc1ccc(/C=C/C(=O)NCc2ccccc2CN2CCCCC2)cc1. The smallest absolute Gasteiger partial charge is 0.255 e. The van der Waals surface area contributed by atoms with Crippen LogP contribution in [0, 0.1) is 0 Å². The number of nitrogens with zero attached hydrogens (tertiary/aromatic N) is 1. The van der Waals surface area contributed by atoms with E-state index >= 15 is 0 Å². The molecule has 1 aliphatic rings. The summed E-state index contributed by atoms with van der Waals surface area (Å²) in [7, 11) is 0. The number of likely N-dealkylation sites (tertiary alicyclic amines) is 1. The zero-order valence-corrected chi connectivity index (χ0v) is 17.2. The summed E-state index contributed by atoms with van der Waals surface area (Å²) in [6.45, 7) is 3.58. The maximum absolute atomic E-state index is 12.3. The van der Waals surface area contributed by atoms with Crippen molar-refractivity contribution in [3.63, 3.8) is 0 Å². The third-order valence-electron chi connectivity index (χ3n) is 5.10. The number of ether oxygens (including phenoxy) is 1. The van der Waals surface area contributed by atoms with Crippen LogP contribution in [-0.4, -0.2) is 36.4 Å². The van der Waals surface area contributed by atoms with Gasteiger partial charge in [-0.3, -0.25) is 14.5 Å². The van der Waals surface area contributed by atoms with Crippen LogP contribution >= 0.6 is 0 Å². The molecular weight excluding hydrogens is 378 g/mol. The van der Waals surface area contributed by atoms with Gasteiger partial charge in [-0.15, -0.1) is 0 Å². The number of rotatable bonds is 9. The summed E-state index contributed by atoms with van der Waals surface area (Å²) in [4.78, 5) is 25.5. The molecule has 1 aliphatic heterocycles. The van der Waals surface area contributed by atoms with Crippen LogP contribution in [-0.2, 0) is 22.7 Å². The number of amides is 2. The average molecular weight is 408 g/mol. The second-order valence-electron chi connectivity index (χ2n) is 7.48. The minimum Gasteiger partial charge on any atom is -0.484 e. The highest BCUT2D eigenvalue weighted by molar-refractivity contribution is 5.91. The minimum atomic E-state index is -0.520. The quantitative estimate of drug-likeness (QED) is 0.626. The summed E-state index contributed by atoms with van der Waals surface area (Å²) < 4.78 is 5.22. The summed E-state index contributed by atoms with van der Waals surface area (Å²) in [6.07, 6.45) is 7.12. The first-order valence-electron chi connectivity index (χ1n) is 10.4. The van der Waals surface area contributed by atoms with Gasteiger partial charge in [0, 0.05) is 19.2 Å². The fourth-order valence-electron chi connectivity index (χ4n) is 3.49.